The zero-order chi connectivity index (χ0) is 21.5. The van der Waals surface area contributed by atoms with Gasteiger partial charge in [-0.05, 0) is 35.9 Å². The number of halogens is 1. The molecule has 2 amide bonds. The summed E-state index contributed by atoms with van der Waals surface area (Å²) >= 11 is 10.1. The average molecular weight is 511 g/mol. The number of hydrogen-bond acceptors (Lipinski definition) is 5. The van der Waals surface area contributed by atoms with E-state index in [1.165, 1.54) is 16.7 Å². The minimum absolute atomic E-state index is 0.199. The summed E-state index contributed by atoms with van der Waals surface area (Å²) in [6.45, 7) is 0.659. The maximum Gasteiger partial charge on any atom is 0.267 e. The average Bonchev–Trinajstić information content (AvgIpc) is 3.44. The van der Waals surface area contributed by atoms with E-state index in [4.69, 9.17) is 16.6 Å². The summed E-state index contributed by atoms with van der Waals surface area (Å²) in [6.07, 6.45) is 1.56. The molecule has 0 bridgehead atoms. The van der Waals surface area contributed by atoms with Gasteiger partial charge in [0.25, 0.3) is 11.8 Å². The lowest BCUT2D eigenvalue weighted by molar-refractivity contribution is -0.123. The van der Waals surface area contributed by atoms with E-state index in [-0.39, 0.29) is 18.4 Å². The Morgan fingerprint density at radius 3 is 2.48 bits per heavy atom. The Bertz CT molecular complexity index is 1240. The van der Waals surface area contributed by atoms with E-state index < -0.39 is 0 Å². The highest BCUT2D eigenvalue weighted by atomic mass is 79.9. The Morgan fingerprint density at radius 1 is 0.935 bits per heavy atom. The van der Waals surface area contributed by atoms with Gasteiger partial charge in [-0.25, -0.2) is 0 Å². The van der Waals surface area contributed by atoms with Gasteiger partial charge >= 0.3 is 0 Å². The fraction of sp³-hybridized carbons (Fsp3) is 0.0870. The van der Waals surface area contributed by atoms with Gasteiger partial charge in [-0.1, -0.05) is 70.2 Å². The fourth-order valence-corrected chi connectivity index (χ4v) is 5.38. The molecule has 1 aromatic heterocycles. The first kappa shape index (κ1) is 20.2. The molecule has 0 N–H and O–H groups in total. The quantitative estimate of drug-likeness (QED) is 0.349. The van der Waals surface area contributed by atoms with Gasteiger partial charge in [-0.2, -0.15) is 0 Å². The summed E-state index contributed by atoms with van der Waals surface area (Å²) < 4.78 is 6.62. The van der Waals surface area contributed by atoms with Crippen LogP contribution in [-0.4, -0.2) is 21.0 Å². The predicted octanol–water partition coefficient (Wildman–Crippen LogP) is 5.36. The lowest BCUT2D eigenvalue weighted by Crippen LogP contribution is -2.29. The van der Waals surface area contributed by atoms with Crippen LogP contribution in [0.3, 0.4) is 0 Å². The van der Waals surface area contributed by atoms with Crippen molar-refractivity contribution in [2.75, 3.05) is 4.90 Å². The van der Waals surface area contributed by atoms with E-state index in [9.17, 15) is 9.59 Å². The second-order valence-corrected chi connectivity index (χ2v) is 9.64. The topological polar surface area (TPSA) is 53.8 Å². The number of thiocarbonyl (C=S) groups is 1. The van der Waals surface area contributed by atoms with Crippen molar-refractivity contribution in [3.8, 4) is 0 Å². The van der Waals surface area contributed by atoms with E-state index >= 15 is 0 Å². The zero-order valence-electron chi connectivity index (χ0n) is 16.1. The van der Waals surface area contributed by atoms with Crippen molar-refractivity contribution in [2.45, 2.75) is 13.1 Å². The van der Waals surface area contributed by atoms with Crippen molar-refractivity contribution in [3.63, 3.8) is 0 Å². The van der Waals surface area contributed by atoms with Gasteiger partial charge in [0, 0.05) is 10.0 Å². The second kappa shape index (κ2) is 8.11. The van der Waals surface area contributed by atoms with Crippen molar-refractivity contribution in [2.24, 2.45) is 0 Å². The van der Waals surface area contributed by atoms with Crippen molar-refractivity contribution in [1.82, 2.24) is 4.90 Å². The van der Waals surface area contributed by atoms with Crippen LogP contribution in [0.5, 0.6) is 0 Å². The maximum atomic E-state index is 13.5. The Morgan fingerprint density at radius 2 is 1.74 bits per heavy atom. The number of amides is 2. The SMILES string of the molecule is O=C1/C(=C2/C(=O)N(Cc3ccccc3)c3ccc(Br)cc32)SC(=S)N1Cc1ccco1. The molecular formula is C23H15BrN2O3S2. The second-order valence-electron chi connectivity index (χ2n) is 7.08. The van der Waals surface area contributed by atoms with Gasteiger partial charge in [0.05, 0.1) is 35.5 Å². The van der Waals surface area contributed by atoms with E-state index in [0.29, 0.717) is 27.1 Å². The first-order chi connectivity index (χ1) is 15.0. The van der Waals surface area contributed by atoms with E-state index in [1.807, 2.05) is 48.5 Å². The van der Waals surface area contributed by atoms with Gasteiger partial charge in [0.1, 0.15) is 10.1 Å². The Balaban J connectivity index is 1.56. The van der Waals surface area contributed by atoms with Gasteiger partial charge in [-0.3, -0.25) is 14.5 Å². The molecule has 5 rings (SSSR count). The lowest BCUT2D eigenvalue weighted by atomic mass is 10.1. The van der Waals surface area contributed by atoms with E-state index in [2.05, 4.69) is 15.9 Å². The molecule has 0 aliphatic carbocycles. The number of thioether (sulfide) groups is 1. The molecule has 2 aromatic carbocycles. The molecule has 0 unspecified atom stereocenters. The van der Waals surface area contributed by atoms with Crippen LogP contribution >= 0.6 is 39.9 Å². The van der Waals surface area contributed by atoms with E-state index in [0.717, 1.165) is 21.3 Å². The minimum Gasteiger partial charge on any atom is -0.467 e. The van der Waals surface area contributed by atoms with Gasteiger partial charge < -0.3 is 9.32 Å². The van der Waals surface area contributed by atoms with Crippen LogP contribution in [-0.2, 0) is 22.7 Å². The third-order valence-corrected chi connectivity index (χ3v) is 7.07. The molecule has 0 spiro atoms. The number of fused-ring (bicyclic) bond motifs is 1. The predicted molar refractivity (Wildman–Crippen MR) is 128 cm³/mol. The first-order valence-corrected chi connectivity index (χ1v) is 11.5. The van der Waals surface area contributed by atoms with Crippen LogP contribution in [0.1, 0.15) is 16.9 Å². The number of benzene rings is 2. The minimum atomic E-state index is -0.276. The van der Waals surface area contributed by atoms with Crippen LogP contribution in [0.4, 0.5) is 5.69 Å². The normalized spacial score (nSPS) is 18.3. The third-order valence-electron chi connectivity index (χ3n) is 5.13. The van der Waals surface area contributed by atoms with Crippen molar-refractivity contribution >= 4 is 67.3 Å². The number of rotatable bonds is 4. The maximum absolute atomic E-state index is 13.5. The monoisotopic (exact) mass is 510 g/mol. The van der Waals surface area contributed by atoms with Gasteiger partial charge in [0.2, 0.25) is 0 Å². The summed E-state index contributed by atoms with van der Waals surface area (Å²) in [5, 5.41) is 0. The van der Waals surface area contributed by atoms with Crippen LogP contribution < -0.4 is 4.90 Å². The highest BCUT2D eigenvalue weighted by Gasteiger charge is 2.42. The number of carbonyl (C=O) groups is 2. The molecule has 0 atom stereocenters. The standard InChI is InChI=1S/C23H15BrN2O3S2/c24-15-8-9-18-17(11-15)19(21(27)25(18)12-14-5-2-1-3-6-14)20-22(28)26(23(30)31-20)13-16-7-4-10-29-16/h1-11H,12-13H2/b20-19-. The van der Waals surface area contributed by atoms with Crippen LogP contribution in [0.2, 0.25) is 0 Å². The lowest BCUT2D eigenvalue weighted by Gasteiger charge is -2.17. The molecule has 31 heavy (non-hydrogen) atoms. The van der Waals surface area contributed by atoms with Crippen LogP contribution in [0.15, 0.2) is 80.7 Å². The van der Waals surface area contributed by atoms with Crippen molar-refractivity contribution in [1.29, 1.82) is 0 Å². The number of carbonyl (C=O) groups excluding carboxylic acids is 2. The molecule has 3 aromatic rings. The first-order valence-electron chi connectivity index (χ1n) is 9.49. The molecule has 1 saturated heterocycles. The number of anilines is 1. The molecule has 8 heteroatoms. The Kier molecular flexibility index (Phi) is 5.29. The molecule has 0 saturated carbocycles. The zero-order valence-corrected chi connectivity index (χ0v) is 19.3. The molecule has 0 radical (unpaired) electrons. The van der Waals surface area contributed by atoms with Gasteiger partial charge in [0.15, 0.2) is 0 Å². The summed E-state index contributed by atoms with van der Waals surface area (Å²) in [6, 6.07) is 19.0. The van der Waals surface area contributed by atoms with Gasteiger partial charge in [-0.15, -0.1) is 0 Å². The number of hydrogen-bond donors (Lipinski definition) is 0. The number of furan rings is 1. The summed E-state index contributed by atoms with van der Waals surface area (Å²) in [5.74, 6) is 0.159. The molecular weight excluding hydrogens is 496 g/mol. The van der Waals surface area contributed by atoms with E-state index in [1.54, 1.807) is 23.3 Å². The highest BCUT2D eigenvalue weighted by Crippen LogP contribution is 2.46. The Hall–Kier alpha value is -2.68. The summed E-state index contributed by atoms with van der Waals surface area (Å²) in [4.78, 5) is 30.4. The molecule has 2 aliphatic rings. The van der Waals surface area contributed by atoms with Crippen LogP contribution in [0, 0.1) is 0 Å². The summed E-state index contributed by atoms with van der Waals surface area (Å²) in [5.41, 5.74) is 2.92. The van der Waals surface area contributed by atoms with Crippen molar-refractivity contribution in [3.05, 3.63) is 93.2 Å². The molecule has 5 nitrogen and oxygen atoms in total. The summed E-state index contributed by atoms with van der Waals surface area (Å²) in [7, 11) is 0. The Labute approximate surface area is 196 Å². The van der Waals surface area contributed by atoms with Crippen LogP contribution in [0.25, 0.3) is 5.57 Å². The fourth-order valence-electron chi connectivity index (χ4n) is 3.69. The van der Waals surface area contributed by atoms with Crippen molar-refractivity contribution < 1.29 is 14.0 Å². The molecule has 3 heterocycles. The largest absolute Gasteiger partial charge is 0.467 e. The number of nitrogens with zero attached hydrogens (tertiary/aromatic N) is 2. The molecule has 1 fully saturated rings. The third kappa shape index (κ3) is 3.64. The highest BCUT2D eigenvalue weighted by molar-refractivity contribution is 9.10. The molecule has 154 valence electrons. The smallest absolute Gasteiger partial charge is 0.267 e. The molecule has 2 aliphatic heterocycles.